The zero-order valence-electron chi connectivity index (χ0n) is 19.6. The third kappa shape index (κ3) is 6.11. The number of thioether (sulfide) groups is 1. The first kappa shape index (κ1) is 26.3. The van der Waals surface area contributed by atoms with Gasteiger partial charge in [-0.25, -0.2) is 9.38 Å². The molecule has 1 saturated heterocycles. The first-order valence-electron chi connectivity index (χ1n) is 11.3. The van der Waals surface area contributed by atoms with Crippen molar-refractivity contribution in [2.75, 3.05) is 13.2 Å². The molecule has 1 aliphatic rings. The van der Waals surface area contributed by atoms with E-state index < -0.39 is 0 Å². The van der Waals surface area contributed by atoms with Gasteiger partial charge in [-0.1, -0.05) is 35.9 Å². The van der Waals surface area contributed by atoms with Gasteiger partial charge in [-0.3, -0.25) is 9.69 Å². The predicted octanol–water partition coefficient (Wildman–Crippen LogP) is 7.84. The molecule has 1 fully saturated rings. The molecule has 5 nitrogen and oxygen atoms in total. The van der Waals surface area contributed by atoms with E-state index in [4.69, 9.17) is 21.1 Å². The van der Waals surface area contributed by atoms with Crippen molar-refractivity contribution in [3.05, 3.63) is 92.0 Å². The van der Waals surface area contributed by atoms with E-state index in [0.717, 1.165) is 10.0 Å². The van der Waals surface area contributed by atoms with Crippen LogP contribution in [0.2, 0.25) is 5.02 Å². The highest BCUT2D eigenvalue weighted by atomic mass is 79.9. The highest BCUT2D eigenvalue weighted by Crippen LogP contribution is 2.37. The van der Waals surface area contributed by atoms with Gasteiger partial charge in [0.05, 0.1) is 22.2 Å². The summed E-state index contributed by atoms with van der Waals surface area (Å²) in [6.07, 6.45) is 1.80. The number of likely N-dealkylation sites (N-methyl/N-ethyl adjacent to an activating group) is 1. The van der Waals surface area contributed by atoms with Crippen LogP contribution in [-0.4, -0.2) is 29.1 Å². The standard InChI is InChI=1S/C27H23BrClFN2O3S/c1-3-32-26(33)25(36-27(32)31-19-10-11-20(28)21(29)15-19)14-17-9-12-23(24(13-17)34-4-2)35-16-18-7-5-6-8-22(18)30/h5-15H,3-4,16H2,1-2H3/b25-14-,31-27?. The topological polar surface area (TPSA) is 51.1 Å². The maximum absolute atomic E-state index is 14.0. The molecule has 3 aromatic carbocycles. The monoisotopic (exact) mass is 588 g/mol. The van der Waals surface area contributed by atoms with Gasteiger partial charge in [0.1, 0.15) is 12.4 Å². The van der Waals surface area contributed by atoms with Crippen LogP contribution in [0.25, 0.3) is 6.08 Å². The summed E-state index contributed by atoms with van der Waals surface area (Å²) >= 11 is 10.9. The molecule has 1 heterocycles. The van der Waals surface area contributed by atoms with Crippen LogP contribution in [0.15, 0.2) is 75.0 Å². The van der Waals surface area contributed by atoms with E-state index in [1.807, 2.05) is 32.0 Å². The first-order valence-corrected chi connectivity index (χ1v) is 13.3. The molecule has 4 rings (SSSR count). The van der Waals surface area contributed by atoms with Crippen molar-refractivity contribution < 1.29 is 18.7 Å². The molecule has 0 unspecified atom stereocenters. The minimum Gasteiger partial charge on any atom is -0.490 e. The Labute approximate surface area is 227 Å². The number of carbonyl (C=O) groups is 1. The second-order valence-corrected chi connectivity index (χ2v) is 9.94. The van der Waals surface area contributed by atoms with Gasteiger partial charge in [-0.15, -0.1) is 0 Å². The summed E-state index contributed by atoms with van der Waals surface area (Å²) < 4.78 is 26.3. The van der Waals surface area contributed by atoms with E-state index >= 15 is 0 Å². The highest BCUT2D eigenvalue weighted by molar-refractivity contribution is 9.10. The summed E-state index contributed by atoms with van der Waals surface area (Å²) in [6, 6.07) is 17.3. The lowest BCUT2D eigenvalue weighted by Gasteiger charge is -2.13. The Kier molecular flexibility index (Phi) is 8.72. The van der Waals surface area contributed by atoms with Crippen LogP contribution in [0.5, 0.6) is 11.5 Å². The second-order valence-electron chi connectivity index (χ2n) is 7.67. The van der Waals surface area contributed by atoms with E-state index in [1.165, 1.54) is 17.8 Å². The van der Waals surface area contributed by atoms with Crippen molar-refractivity contribution in [1.82, 2.24) is 4.90 Å². The number of nitrogens with zero attached hydrogens (tertiary/aromatic N) is 2. The average molecular weight is 590 g/mol. The van der Waals surface area contributed by atoms with E-state index in [-0.39, 0.29) is 18.3 Å². The minimum atomic E-state index is -0.322. The van der Waals surface area contributed by atoms with E-state index in [9.17, 15) is 9.18 Å². The number of ether oxygens (including phenoxy) is 2. The number of amidine groups is 1. The van der Waals surface area contributed by atoms with Gasteiger partial charge in [0.2, 0.25) is 0 Å². The quantitative estimate of drug-likeness (QED) is 0.251. The van der Waals surface area contributed by atoms with Crippen molar-refractivity contribution in [1.29, 1.82) is 0 Å². The fraction of sp³-hybridized carbons (Fsp3) is 0.185. The third-order valence-corrected chi connectivity index (χ3v) is 7.48. The van der Waals surface area contributed by atoms with Gasteiger partial charge in [-0.05, 0) is 89.6 Å². The normalized spacial score (nSPS) is 15.7. The summed E-state index contributed by atoms with van der Waals surface area (Å²) in [5.41, 5.74) is 1.89. The van der Waals surface area contributed by atoms with Crippen LogP contribution in [0.3, 0.4) is 0 Å². The number of hydrogen-bond acceptors (Lipinski definition) is 5. The summed E-state index contributed by atoms with van der Waals surface area (Å²) in [6.45, 7) is 4.77. The number of benzene rings is 3. The van der Waals surface area contributed by atoms with Gasteiger partial charge in [0.15, 0.2) is 16.7 Å². The van der Waals surface area contributed by atoms with Crippen molar-refractivity contribution in [3.63, 3.8) is 0 Å². The van der Waals surface area contributed by atoms with Crippen LogP contribution in [0.1, 0.15) is 25.0 Å². The van der Waals surface area contributed by atoms with Crippen LogP contribution in [-0.2, 0) is 11.4 Å². The SMILES string of the molecule is CCOc1cc(/C=C2\SC(=Nc3ccc(Br)c(Cl)c3)N(CC)C2=O)ccc1OCc1ccccc1F. The molecular formula is C27H23BrClFN2O3S. The number of aliphatic imine (C=N–C) groups is 1. The molecule has 3 aromatic rings. The van der Waals surface area contributed by atoms with E-state index in [0.29, 0.717) is 51.0 Å². The summed E-state index contributed by atoms with van der Waals surface area (Å²) in [7, 11) is 0. The molecule has 0 aromatic heterocycles. The minimum absolute atomic E-state index is 0.0763. The van der Waals surface area contributed by atoms with Gasteiger partial charge in [-0.2, -0.15) is 0 Å². The smallest absolute Gasteiger partial charge is 0.266 e. The molecular weight excluding hydrogens is 567 g/mol. The van der Waals surface area contributed by atoms with Crippen molar-refractivity contribution in [3.8, 4) is 11.5 Å². The fourth-order valence-electron chi connectivity index (χ4n) is 3.46. The molecule has 0 N–H and O–H groups in total. The van der Waals surface area contributed by atoms with Crippen LogP contribution in [0.4, 0.5) is 10.1 Å². The number of hydrogen-bond donors (Lipinski definition) is 0. The zero-order valence-corrected chi connectivity index (χ0v) is 22.8. The van der Waals surface area contributed by atoms with Crippen molar-refractivity contribution in [2.24, 2.45) is 4.99 Å². The number of halogens is 3. The number of rotatable bonds is 8. The molecule has 0 spiro atoms. The van der Waals surface area contributed by atoms with E-state index in [2.05, 4.69) is 20.9 Å². The summed E-state index contributed by atoms with van der Waals surface area (Å²) in [5, 5.41) is 1.13. The van der Waals surface area contributed by atoms with Gasteiger partial charge in [0.25, 0.3) is 5.91 Å². The van der Waals surface area contributed by atoms with Gasteiger partial charge in [0, 0.05) is 16.6 Å². The zero-order chi connectivity index (χ0) is 25.7. The molecule has 0 aliphatic carbocycles. The molecule has 186 valence electrons. The molecule has 36 heavy (non-hydrogen) atoms. The molecule has 0 bridgehead atoms. The van der Waals surface area contributed by atoms with Gasteiger partial charge < -0.3 is 9.47 Å². The molecule has 1 aliphatic heterocycles. The van der Waals surface area contributed by atoms with Crippen molar-refractivity contribution in [2.45, 2.75) is 20.5 Å². The van der Waals surface area contributed by atoms with Crippen LogP contribution in [0, 0.1) is 5.82 Å². The Morgan fingerprint density at radius 2 is 1.89 bits per heavy atom. The molecule has 0 saturated carbocycles. The largest absolute Gasteiger partial charge is 0.490 e. The lowest BCUT2D eigenvalue weighted by atomic mass is 10.1. The van der Waals surface area contributed by atoms with Crippen LogP contribution >= 0.6 is 39.3 Å². The fourth-order valence-corrected chi connectivity index (χ4v) is 4.94. The lowest BCUT2D eigenvalue weighted by molar-refractivity contribution is -0.122. The lowest BCUT2D eigenvalue weighted by Crippen LogP contribution is -2.28. The second kappa shape index (κ2) is 12.0. The average Bonchev–Trinajstić information content (AvgIpc) is 3.15. The maximum Gasteiger partial charge on any atom is 0.266 e. The van der Waals surface area contributed by atoms with Crippen molar-refractivity contribution >= 4 is 62.1 Å². The third-order valence-electron chi connectivity index (χ3n) is 5.24. The molecule has 0 atom stereocenters. The first-order chi connectivity index (χ1) is 17.4. The molecule has 9 heteroatoms. The Morgan fingerprint density at radius 1 is 1.08 bits per heavy atom. The maximum atomic E-state index is 14.0. The summed E-state index contributed by atoms with van der Waals surface area (Å²) in [5.74, 6) is 0.570. The van der Waals surface area contributed by atoms with Crippen LogP contribution < -0.4 is 9.47 Å². The molecule has 1 amide bonds. The van der Waals surface area contributed by atoms with Gasteiger partial charge >= 0.3 is 0 Å². The Balaban J connectivity index is 1.58. The predicted molar refractivity (Wildman–Crippen MR) is 148 cm³/mol. The number of amides is 1. The Bertz CT molecular complexity index is 1350. The van der Waals surface area contributed by atoms with E-state index in [1.54, 1.807) is 47.4 Å². The Morgan fingerprint density at radius 3 is 2.61 bits per heavy atom. The Hall–Kier alpha value is -2.81. The molecule has 0 radical (unpaired) electrons. The summed E-state index contributed by atoms with van der Waals surface area (Å²) in [4.78, 5) is 19.9. The highest BCUT2D eigenvalue weighted by Gasteiger charge is 2.32. The number of carbonyl (C=O) groups excluding carboxylic acids is 1.